The number of rotatable bonds is 15. The van der Waals surface area contributed by atoms with Crippen LogP contribution in [0.3, 0.4) is 0 Å². The third-order valence-electron chi connectivity index (χ3n) is 3.89. The molecule has 0 atom stereocenters. The van der Waals surface area contributed by atoms with Crippen molar-refractivity contribution in [3.63, 3.8) is 0 Å². The summed E-state index contributed by atoms with van der Waals surface area (Å²) in [5, 5.41) is 0. The minimum Gasteiger partial charge on any atom is -0.120 e. The van der Waals surface area contributed by atoms with Crippen molar-refractivity contribution in [2.45, 2.75) is 103 Å². The summed E-state index contributed by atoms with van der Waals surface area (Å²) in [7, 11) is 0. The van der Waals surface area contributed by atoms with Gasteiger partial charge in [-0.15, -0.1) is 24.7 Å². The summed E-state index contributed by atoms with van der Waals surface area (Å²) in [5.74, 6) is 5.42. The van der Waals surface area contributed by atoms with E-state index in [1.54, 1.807) is 0 Å². The van der Waals surface area contributed by atoms with E-state index in [0.717, 1.165) is 12.8 Å². The molecule has 0 aromatic heterocycles. The SMILES string of the molecule is C#CCCCCCCCCCCCCCCCCC#C. The molecule has 0 nitrogen and oxygen atoms in total. The average Bonchev–Trinajstić information content (AvgIpc) is 2.47. The van der Waals surface area contributed by atoms with Crippen LogP contribution in [0, 0.1) is 24.7 Å². The van der Waals surface area contributed by atoms with Crippen molar-refractivity contribution in [1.82, 2.24) is 0 Å². The van der Waals surface area contributed by atoms with Gasteiger partial charge in [0, 0.05) is 12.8 Å². The first-order valence-corrected chi connectivity index (χ1v) is 8.78. The van der Waals surface area contributed by atoms with Crippen LogP contribution >= 0.6 is 0 Å². The number of terminal acetylenes is 2. The molecule has 114 valence electrons. The average molecular weight is 274 g/mol. The second-order valence-corrected chi connectivity index (χ2v) is 5.86. The van der Waals surface area contributed by atoms with Gasteiger partial charge in [-0.3, -0.25) is 0 Å². The zero-order chi connectivity index (χ0) is 14.7. The fraction of sp³-hybridized carbons (Fsp3) is 0.800. The second kappa shape index (κ2) is 18.1. The minimum absolute atomic E-state index is 0.961. The summed E-state index contributed by atoms with van der Waals surface area (Å²) in [4.78, 5) is 0. The number of hydrogen-bond donors (Lipinski definition) is 0. The van der Waals surface area contributed by atoms with Crippen molar-refractivity contribution in [2.24, 2.45) is 0 Å². The van der Waals surface area contributed by atoms with Gasteiger partial charge >= 0.3 is 0 Å². The maximum atomic E-state index is 5.23. The first-order valence-electron chi connectivity index (χ1n) is 8.78. The van der Waals surface area contributed by atoms with E-state index < -0.39 is 0 Å². The summed E-state index contributed by atoms with van der Waals surface area (Å²) in [5.41, 5.74) is 0. The predicted molar refractivity (Wildman–Crippen MR) is 91.5 cm³/mol. The fourth-order valence-corrected chi connectivity index (χ4v) is 2.58. The number of hydrogen-bond acceptors (Lipinski definition) is 0. The van der Waals surface area contributed by atoms with Gasteiger partial charge in [-0.25, -0.2) is 0 Å². The van der Waals surface area contributed by atoms with Crippen molar-refractivity contribution in [1.29, 1.82) is 0 Å². The lowest BCUT2D eigenvalue weighted by Crippen LogP contribution is -1.83. The van der Waals surface area contributed by atoms with Crippen LogP contribution in [-0.4, -0.2) is 0 Å². The zero-order valence-corrected chi connectivity index (χ0v) is 13.5. The highest BCUT2D eigenvalue weighted by atomic mass is 14.0. The predicted octanol–water partition coefficient (Wildman–Crippen LogP) is 6.49. The molecule has 0 aromatic carbocycles. The lowest BCUT2D eigenvalue weighted by Gasteiger charge is -2.02. The van der Waals surface area contributed by atoms with Gasteiger partial charge in [0.1, 0.15) is 0 Å². The Morgan fingerprint density at radius 1 is 0.350 bits per heavy atom. The Bertz CT molecular complexity index is 222. The zero-order valence-electron chi connectivity index (χ0n) is 13.5. The van der Waals surface area contributed by atoms with Crippen LogP contribution in [0.5, 0.6) is 0 Å². The van der Waals surface area contributed by atoms with Crippen molar-refractivity contribution >= 4 is 0 Å². The van der Waals surface area contributed by atoms with Gasteiger partial charge in [-0.2, -0.15) is 0 Å². The van der Waals surface area contributed by atoms with Crippen LogP contribution < -0.4 is 0 Å². The van der Waals surface area contributed by atoms with Crippen LogP contribution in [0.2, 0.25) is 0 Å². The molecule has 0 fully saturated rings. The maximum Gasteiger partial charge on any atom is 0.00860 e. The van der Waals surface area contributed by atoms with Crippen LogP contribution in [0.1, 0.15) is 103 Å². The Labute approximate surface area is 128 Å². The quantitative estimate of drug-likeness (QED) is 0.236. The molecule has 0 aromatic rings. The highest BCUT2D eigenvalue weighted by Crippen LogP contribution is 2.13. The van der Waals surface area contributed by atoms with E-state index in [1.165, 1.54) is 89.9 Å². The van der Waals surface area contributed by atoms with E-state index in [9.17, 15) is 0 Å². The van der Waals surface area contributed by atoms with Gasteiger partial charge in [0.15, 0.2) is 0 Å². The molecular formula is C20H34. The first kappa shape index (κ1) is 19.1. The molecule has 0 saturated carbocycles. The molecule has 0 aliphatic heterocycles. The summed E-state index contributed by atoms with van der Waals surface area (Å²) in [6, 6.07) is 0. The van der Waals surface area contributed by atoms with E-state index in [0.29, 0.717) is 0 Å². The molecule has 20 heavy (non-hydrogen) atoms. The third-order valence-corrected chi connectivity index (χ3v) is 3.89. The van der Waals surface area contributed by atoms with Gasteiger partial charge in [0.05, 0.1) is 0 Å². The van der Waals surface area contributed by atoms with Gasteiger partial charge in [-0.1, -0.05) is 77.0 Å². The molecule has 0 rings (SSSR count). The topological polar surface area (TPSA) is 0 Å². The Hall–Kier alpha value is -0.880. The van der Waals surface area contributed by atoms with Crippen molar-refractivity contribution < 1.29 is 0 Å². The second-order valence-electron chi connectivity index (χ2n) is 5.86. The van der Waals surface area contributed by atoms with Crippen LogP contribution in [0.4, 0.5) is 0 Å². The van der Waals surface area contributed by atoms with Crippen LogP contribution in [0.25, 0.3) is 0 Å². The molecule has 0 aliphatic carbocycles. The molecule has 0 N–H and O–H groups in total. The first-order chi connectivity index (χ1) is 9.91. The summed E-state index contributed by atoms with van der Waals surface area (Å²) in [6.07, 6.45) is 31.6. The van der Waals surface area contributed by atoms with E-state index in [-0.39, 0.29) is 0 Å². The fourth-order valence-electron chi connectivity index (χ4n) is 2.58. The highest BCUT2D eigenvalue weighted by molar-refractivity contribution is 4.83. The monoisotopic (exact) mass is 274 g/mol. The Morgan fingerprint density at radius 3 is 0.750 bits per heavy atom. The van der Waals surface area contributed by atoms with E-state index in [4.69, 9.17) is 12.8 Å². The molecule has 0 aliphatic rings. The molecule has 0 unspecified atom stereocenters. The summed E-state index contributed by atoms with van der Waals surface area (Å²) < 4.78 is 0. The largest absolute Gasteiger partial charge is 0.120 e. The Balaban J connectivity index is 2.93. The molecule has 0 saturated heterocycles. The minimum atomic E-state index is 0.961. The van der Waals surface area contributed by atoms with E-state index in [2.05, 4.69) is 11.8 Å². The Kier molecular flexibility index (Phi) is 17.3. The number of unbranched alkanes of at least 4 members (excludes halogenated alkanes) is 15. The van der Waals surface area contributed by atoms with Gasteiger partial charge < -0.3 is 0 Å². The lowest BCUT2D eigenvalue weighted by atomic mass is 10.0. The van der Waals surface area contributed by atoms with Crippen molar-refractivity contribution in [3.8, 4) is 24.7 Å². The van der Waals surface area contributed by atoms with Crippen molar-refractivity contribution in [2.75, 3.05) is 0 Å². The standard InChI is InChI=1S/C20H34/c1-3-5-7-9-11-13-15-17-19-20-18-16-14-12-10-8-6-4-2/h1-2H,5-20H2. The van der Waals surface area contributed by atoms with E-state index in [1.807, 2.05) is 0 Å². The third kappa shape index (κ3) is 17.1. The van der Waals surface area contributed by atoms with E-state index >= 15 is 0 Å². The smallest absolute Gasteiger partial charge is 0.00860 e. The Morgan fingerprint density at radius 2 is 0.550 bits per heavy atom. The molecule has 0 heterocycles. The summed E-state index contributed by atoms with van der Waals surface area (Å²) in [6.45, 7) is 0. The van der Waals surface area contributed by atoms with Crippen molar-refractivity contribution in [3.05, 3.63) is 0 Å². The van der Waals surface area contributed by atoms with Crippen LogP contribution in [-0.2, 0) is 0 Å². The normalized spacial score (nSPS) is 10.1. The molecule has 0 spiro atoms. The molecule has 0 bridgehead atoms. The van der Waals surface area contributed by atoms with Gasteiger partial charge in [0.2, 0.25) is 0 Å². The molecule has 0 heteroatoms. The molecule has 0 radical (unpaired) electrons. The van der Waals surface area contributed by atoms with Gasteiger partial charge in [0.25, 0.3) is 0 Å². The molecular weight excluding hydrogens is 240 g/mol. The van der Waals surface area contributed by atoms with Crippen LogP contribution in [0.15, 0.2) is 0 Å². The maximum absolute atomic E-state index is 5.23. The molecule has 0 amide bonds. The van der Waals surface area contributed by atoms with Gasteiger partial charge in [-0.05, 0) is 12.8 Å². The summed E-state index contributed by atoms with van der Waals surface area (Å²) >= 11 is 0. The lowest BCUT2D eigenvalue weighted by molar-refractivity contribution is 0.535. The highest BCUT2D eigenvalue weighted by Gasteiger charge is 1.94.